The summed E-state index contributed by atoms with van der Waals surface area (Å²) in [4.78, 5) is 5.25. The Labute approximate surface area is 162 Å². The van der Waals surface area contributed by atoms with E-state index >= 15 is 0 Å². The molecule has 0 amide bonds. The topological polar surface area (TPSA) is 24.3 Å². The van der Waals surface area contributed by atoms with Gasteiger partial charge in [0.2, 0.25) is 0 Å². The van der Waals surface area contributed by atoms with E-state index < -0.39 is 0 Å². The molecule has 0 spiro atoms. The van der Waals surface area contributed by atoms with Crippen LogP contribution in [0.4, 0.5) is 5.69 Å². The van der Waals surface area contributed by atoms with Crippen LogP contribution in [0.3, 0.4) is 0 Å². The normalized spacial score (nSPS) is 27.6. The fraction of sp³-hybridized carbons (Fsp3) is 0.522. The summed E-state index contributed by atoms with van der Waals surface area (Å²) >= 11 is 0. The number of para-hydroxylation sites is 1. The van der Waals surface area contributed by atoms with Gasteiger partial charge in [0.25, 0.3) is 0 Å². The van der Waals surface area contributed by atoms with Crippen molar-refractivity contribution in [2.24, 2.45) is 17.8 Å². The maximum absolute atomic E-state index is 4.84. The molecule has 3 atom stereocenters. The molecule has 2 bridgehead atoms. The van der Waals surface area contributed by atoms with Crippen molar-refractivity contribution in [2.45, 2.75) is 26.7 Å². The summed E-state index contributed by atoms with van der Waals surface area (Å²) < 4.78 is 2.10. The Kier molecular flexibility index (Phi) is 4.31. The minimum atomic E-state index is 0.863. The zero-order valence-corrected chi connectivity index (χ0v) is 16.5. The smallest absolute Gasteiger partial charge is 0.0834 e. The van der Waals surface area contributed by atoms with E-state index in [0.29, 0.717) is 0 Å². The highest BCUT2D eigenvalue weighted by atomic mass is 15.3. The second kappa shape index (κ2) is 6.83. The summed E-state index contributed by atoms with van der Waals surface area (Å²) in [7, 11) is 0. The first-order valence-electron chi connectivity index (χ1n) is 10.5. The molecule has 1 saturated heterocycles. The van der Waals surface area contributed by atoms with E-state index in [9.17, 15) is 0 Å². The van der Waals surface area contributed by atoms with E-state index in [-0.39, 0.29) is 0 Å². The Bertz CT molecular complexity index is 830. The van der Waals surface area contributed by atoms with Crippen LogP contribution in [0.15, 0.2) is 42.5 Å². The summed E-state index contributed by atoms with van der Waals surface area (Å²) in [6.45, 7) is 10.2. The molecule has 1 aliphatic heterocycles. The van der Waals surface area contributed by atoms with E-state index in [1.807, 2.05) is 0 Å². The number of allylic oxidation sites excluding steroid dienone is 2. The Morgan fingerprint density at radius 1 is 0.963 bits per heavy atom. The molecule has 3 unspecified atom stereocenters. The van der Waals surface area contributed by atoms with Crippen LogP contribution in [0.5, 0.6) is 0 Å². The fourth-order valence-electron chi connectivity index (χ4n) is 5.50. The summed E-state index contributed by atoms with van der Waals surface area (Å²) in [6, 6.07) is 10.5. The molecular formula is C23H30N4. The third-order valence-electron chi connectivity index (χ3n) is 6.85. The van der Waals surface area contributed by atoms with Gasteiger partial charge in [-0.2, -0.15) is 5.10 Å². The third kappa shape index (κ3) is 3.10. The Hall–Kier alpha value is -2.07. The molecule has 2 aliphatic carbocycles. The van der Waals surface area contributed by atoms with E-state index in [0.717, 1.165) is 42.2 Å². The van der Waals surface area contributed by atoms with E-state index in [1.54, 1.807) is 0 Å². The van der Waals surface area contributed by atoms with Crippen LogP contribution in [0.25, 0.3) is 5.69 Å². The number of benzene rings is 1. The number of hydrogen-bond donors (Lipinski definition) is 0. The van der Waals surface area contributed by atoms with Crippen LogP contribution in [-0.4, -0.2) is 47.4 Å². The largest absolute Gasteiger partial charge is 0.366 e. The Balaban J connectivity index is 1.26. The number of fused-ring (bicyclic) bond motifs is 2. The average molecular weight is 363 g/mol. The van der Waals surface area contributed by atoms with Gasteiger partial charge in [-0.3, -0.25) is 4.90 Å². The van der Waals surface area contributed by atoms with Crippen LogP contribution in [0.1, 0.15) is 24.2 Å². The molecule has 2 aromatic rings. The van der Waals surface area contributed by atoms with Gasteiger partial charge in [0.15, 0.2) is 0 Å². The molecular weight excluding hydrogens is 332 g/mol. The minimum absolute atomic E-state index is 0.863. The van der Waals surface area contributed by atoms with Gasteiger partial charge >= 0.3 is 0 Å². The van der Waals surface area contributed by atoms with Crippen LogP contribution < -0.4 is 4.90 Å². The highest BCUT2D eigenvalue weighted by Crippen LogP contribution is 2.43. The van der Waals surface area contributed by atoms with Crippen molar-refractivity contribution < 1.29 is 0 Å². The van der Waals surface area contributed by atoms with Gasteiger partial charge < -0.3 is 4.90 Å². The Morgan fingerprint density at radius 2 is 1.74 bits per heavy atom. The molecule has 0 radical (unpaired) electrons. The summed E-state index contributed by atoms with van der Waals surface area (Å²) in [6.07, 6.45) is 7.78. The highest BCUT2D eigenvalue weighted by molar-refractivity contribution is 5.57. The molecule has 142 valence electrons. The molecule has 4 nitrogen and oxygen atoms in total. The van der Waals surface area contributed by atoms with Gasteiger partial charge in [-0.25, -0.2) is 4.68 Å². The quantitative estimate of drug-likeness (QED) is 0.773. The lowest BCUT2D eigenvalue weighted by molar-refractivity contribution is 0.204. The molecule has 3 aliphatic rings. The van der Waals surface area contributed by atoms with Crippen LogP contribution >= 0.6 is 0 Å². The second-order valence-corrected chi connectivity index (χ2v) is 8.59. The molecule has 1 saturated carbocycles. The highest BCUT2D eigenvalue weighted by Gasteiger charge is 2.36. The molecule has 5 rings (SSSR count). The molecule has 1 aromatic carbocycles. The summed E-state index contributed by atoms with van der Waals surface area (Å²) in [5, 5.41) is 4.84. The molecule has 0 N–H and O–H groups in total. The zero-order valence-electron chi connectivity index (χ0n) is 16.5. The number of piperazine rings is 1. The molecule has 2 fully saturated rings. The third-order valence-corrected chi connectivity index (χ3v) is 6.85. The first-order valence-corrected chi connectivity index (χ1v) is 10.5. The van der Waals surface area contributed by atoms with Crippen LogP contribution in [-0.2, 0) is 0 Å². The first-order chi connectivity index (χ1) is 13.2. The van der Waals surface area contributed by atoms with Crippen molar-refractivity contribution in [3.8, 4) is 5.69 Å². The number of aryl methyl sites for hydroxylation is 1. The molecule has 1 aromatic heterocycles. The Morgan fingerprint density at radius 3 is 2.41 bits per heavy atom. The van der Waals surface area contributed by atoms with Gasteiger partial charge in [-0.15, -0.1) is 0 Å². The average Bonchev–Trinajstić information content (AvgIpc) is 3.38. The molecule has 27 heavy (non-hydrogen) atoms. The predicted octanol–water partition coefficient (Wildman–Crippen LogP) is 3.82. The maximum atomic E-state index is 4.84. The fourth-order valence-corrected chi connectivity index (χ4v) is 5.50. The van der Waals surface area contributed by atoms with Crippen molar-refractivity contribution in [3.63, 3.8) is 0 Å². The molecule has 4 heteroatoms. The maximum Gasteiger partial charge on any atom is 0.0834 e. The van der Waals surface area contributed by atoms with Gasteiger partial charge in [-0.1, -0.05) is 30.4 Å². The van der Waals surface area contributed by atoms with E-state index in [4.69, 9.17) is 5.10 Å². The van der Waals surface area contributed by atoms with Gasteiger partial charge in [0.1, 0.15) is 0 Å². The summed E-state index contributed by atoms with van der Waals surface area (Å²) in [5.74, 6) is 2.65. The lowest BCUT2D eigenvalue weighted by atomic mass is 9.93. The predicted molar refractivity (Wildman–Crippen MR) is 111 cm³/mol. The SMILES string of the molecule is Cc1nn(-c2ccccc2)c(C)c1N1CCN(CC2CC3C=CC2C3)CC1. The number of nitrogens with zero attached hydrogens (tertiary/aromatic N) is 4. The molecule has 2 heterocycles. The van der Waals surface area contributed by atoms with Crippen LogP contribution in [0, 0.1) is 31.6 Å². The zero-order chi connectivity index (χ0) is 18.4. The van der Waals surface area contributed by atoms with Crippen LogP contribution in [0.2, 0.25) is 0 Å². The van der Waals surface area contributed by atoms with Crippen molar-refractivity contribution >= 4 is 5.69 Å². The monoisotopic (exact) mass is 362 g/mol. The first kappa shape index (κ1) is 17.1. The second-order valence-electron chi connectivity index (χ2n) is 8.59. The van der Waals surface area contributed by atoms with Crippen molar-refractivity contribution in [1.82, 2.24) is 14.7 Å². The lowest BCUT2D eigenvalue weighted by Crippen LogP contribution is -2.48. The van der Waals surface area contributed by atoms with Crippen molar-refractivity contribution in [2.75, 3.05) is 37.6 Å². The van der Waals surface area contributed by atoms with Gasteiger partial charge in [-0.05, 0) is 56.6 Å². The van der Waals surface area contributed by atoms with Gasteiger partial charge in [0.05, 0.1) is 22.8 Å². The number of hydrogen-bond acceptors (Lipinski definition) is 3. The number of rotatable bonds is 4. The van der Waals surface area contributed by atoms with E-state index in [2.05, 4.69) is 70.8 Å². The minimum Gasteiger partial charge on any atom is -0.366 e. The lowest BCUT2D eigenvalue weighted by Gasteiger charge is -2.38. The van der Waals surface area contributed by atoms with Crippen molar-refractivity contribution in [3.05, 3.63) is 53.9 Å². The van der Waals surface area contributed by atoms with E-state index in [1.165, 1.54) is 43.9 Å². The standard InChI is InChI=1S/C23H30N4/c1-17-23(18(2)27(24-17)22-6-4-3-5-7-22)26-12-10-25(11-13-26)16-21-15-19-8-9-20(21)14-19/h3-9,19-21H,10-16H2,1-2H3. The van der Waals surface area contributed by atoms with Gasteiger partial charge in [0, 0.05) is 32.7 Å². The van der Waals surface area contributed by atoms with Crippen molar-refractivity contribution in [1.29, 1.82) is 0 Å². The number of aromatic nitrogens is 2. The summed E-state index contributed by atoms with van der Waals surface area (Å²) in [5.41, 5.74) is 4.88. The number of anilines is 1.